The summed E-state index contributed by atoms with van der Waals surface area (Å²) in [5.74, 6) is 0.830. The van der Waals surface area contributed by atoms with Gasteiger partial charge in [0, 0.05) is 18.0 Å². The van der Waals surface area contributed by atoms with E-state index in [1.807, 2.05) is 6.92 Å². The predicted octanol–water partition coefficient (Wildman–Crippen LogP) is 4.46. The molecule has 0 fully saturated rings. The first-order chi connectivity index (χ1) is 15.5. The van der Waals surface area contributed by atoms with Gasteiger partial charge in [-0.1, -0.05) is 36.9 Å². The second-order valence-corrected chi connectivity index (χ2v) is 7.64. The summed E-state index contributed by atoms with van der Waals surface area (Å²) in [5.41, 5.74) is 5.90. The van der Waals surface area contributed by atoms with Crippen LogP contribution in [0.15, 0.2) is 71.4 Å². The SMILES string of the molecule is C=C/C=C(/N)N(C)C(C)NCc1cc2cc(-c3ccc(C(O)O)cc3)cc(C(F)(F)F)c2o1. The Morgan fingerprint density at radius 3 is 2.42 bits per heavy atom. The van der Waals surface area contributed by atoms with Gasteiger partial charge in [-0.3, -0.25) is 5.32 Å². The van der Waals surface area contributed by atoms with Crippen molar-refractivity contribution in [2.24, 2.45) is 5.73 Å². The maximum absolute atomic E-state index is 13.8. The molecule has 0 saturated heterocycles. The monoisotopic (exact) mass is 461 g/mol. The van der Waals surface area contributed by atoms with E-state index in [9.17, 15) is 23.4 Å². The van der Waals surface area contributed by atoms with E-state index in [2.05, 4.69) is 11.9 Å². The van der Waals surface area contributed by atoms with Gasteiger partial charge in [0.15, 0.2) is 6.29 Å². The first-order valence-electron chi connectivity index (χ1n) is 10.2. The average Bonchev–Trinajstić information content (AvgIpc) is 3.18. The summed E-state index contributed by atoms with van der Waals surface area (Å²) in [4.78, 5) is 1.76. The summed E-state index contributed by atoms with van der Waals surface area (Å²) in [6.07, 6.45) is -3.28. The van der Waals surface area contributed by atoms with E-state index in [1.165, 1.54) is 24.3 Å². The molecule has 3 aromatic rings. The number of nitrogens with two attached hydrogens (primary N) is 1. The fourth-order valence-electron chi connectivity index (χ4n) is 3.37. The van der Waals surface area contributed by atoms with Crippen molar-refractivity contribution in [1.29, 1.82) is 0 Å². The van der Waals surface area contributed by atoms with E-state index in [1.54, 1.807) is 36.2 Å². The van der Waals surface area contributed by atoms with Crippen LogP contribution in [0.2, 0.25) is 0 Å². The Kier molecular flexibility index (Phi) is 7.16. The molecule has 5 N–H and O–H groups in total. The quantitative estimate of drug-likeness (QED) is 0.292. The number of allylic oxidation sites excluding steroid dienone is 2. The molecule has 0 aliphatic carbocycles. The molecule has 2 aromatic carbocycles. The smallest absolute Gasteiger partial charge is 0.420 e. The lowest BCUT2D eigenvalue weighted by Gasteiger charge is -2.27. The van der Waals surface area contributed by atoms with E-state index < -0.39 is 18.0 Å². The highest BCUT2D eigenvalue weighted by atomic mass is 19.4. The molecule has 0 amide bonds. The third kappa shape index (κ3) is 5.57. The number of aliphatic hydroxyl groups excluding tert-OH is 1. The van der Waals surface area contributed by atoms with Crippen LogP contribution in [0.5, 0.6) is 0 Å². The molecule has 0 saturated carbocycles. The normalized spacial score (nSPS) is 13.5. The number of alkyl halides is 3. The van der Waals surface area contributed by atoms with Gasteiger partial charge in [-0.15, -0.1) is 0 Å². The second kappa shape index (κ2) is 9.70. The maximum Gasteiger partial charge on any atom is 0.420 e. The van der Waals surface area contributed by atoms with Crippen LogP contribution in [0.1, 0.15) is 30.1 Å². The minimum Gasteiger partial charge on any atom is -0.459 e. The Balaban J connectivity index is 1.92. The van der Waals surface area contributed by atoms with Gasteiger partial charge in [-0.05, 0) is 42.3 Å². The molecule has 6 nitrogen and oxygen atoms in total. The lowest BCUT2D eigenvalue weighted by atomic mass is 9.99. The van der Waals surface area contributed by atoms with Gasteiger partial charge in [0.1, 0.15) is 11.3 Å². The van der Waals surface area contributed by atoms with Crippen molar-refractivity contribution in [1.82, 2.24) is 10.2 Å². The first-order valence-corrected chi connectivity index (χ1v) is 10.2. The third-order valence-electron chi connectivity index (χ3n) is 5.36. The highest BCUT2D eigenvalue weighted by molar-refractivity contribution is 5.87. The van der Waals surface area contributed by atoms with Crippen LogP contribution in [0.25, 0.3) is 22.1 Å². The van der Waals surface area contributed by atoms with Crippen molar-refractivity contribution in [3.63, 3.8) is 0 Å². The lowest BCUT2D eigenvalue weighted by Crippen LogP contribution is -2.42. The highest BCUT2D eigenvalue weighted by Gasteiger charge is 2.35. The maximum atomic E-state index is 13.8. The van der Waals surface area contributed by atoms with Gasteiger partial charge in [0.05, 0.1) is 24.1 Å². The van der Waals surface area contributed by atoms with Crippen LogP contribution in [-0.2, 0) is 12.7 Å². The Morgan fingerprint density at radius 1 is 1.18 bits per heavy atom. The van der Waals surface area contributed by atoms with E-state index in [0.29, 0.717) is 28.1 Å². The molecule has 0 aliphatic heterocycles. The van der Waals surface area contributed by atoms with Crippen molar-refractivity contribution >= 4 is 11.0 Å². The number of hydrogen-bond acceptors (Lipinski definition) is 6. The van der Waals surface area contributed by atoms with Gasteiger partial charge in [0.2, 0.25) is 0 Å². The summed E-state index contributed by atoms with van der Waals surface area (Å²) in [6.45, 7) is 5.65. The molecule has 3 rings (SSSR count). The summed E-state index contributed by atoms with van der Waals surface area (Å²) >= 11 is 0. The Labute approximate surface area is 189 Å². The fourth-order valence-corrected chi connectivity index (χ4v) is 3.37. The first kappa shape index (κ1) is 24.4. The minimum absolute atomic E-state index is 0.192. The van der Waals surface area contributed by atoms with Gasteiger partial charge in [-0.25, -0.2) is 0 Å². The molecule has 9 heteroatoms. The van der Waals surface area contributed by atoms with Crippen molar-refractivity contribution in [2.75, 3.05) is 7.05 Å². The summed E-state index contributed by atoms with van der Waals surface area (Å²) in [7, 11) is 1.78. The molecule has 0 bridgehead atoms. The number of furan rings is 1. The van der Waals surface area contributed by atoms with Crippen LogP contribution in [0, 0.1) is 0 Å². The number of fused-ring (bicyclic) bond motifs is 1. The van der Waals surface area contributed by atoms with Gasteiger partial charge >= 0.3 is 6.18 Å². The number of hydrogen-bond donors (Lipinski definition) is 4. The van der Waals surface area contributed by atoms with Gasteiger partial charge in [-0.2, -0.15) is 13.2 Å². The number of halogens is 3. The van der Waals surface area contributed by atoms with Crippen LogP contribution < -0.4 is 11.1 Å². The van der Waals surface area contributed by atoms with E-state index in [0.717, 1.165) is 6.07 Å². The summed E-state index contributed by atoms with van der Waals surface area (Å²) in [6, 6.07) is 10.2. The molecule has 0 aliphatic rings. The molecule has 0 radical (unpaired) electrons. The lowest BCUT2D eigenvalue weighted by molar-refractivity contribution is -0.136. The Bertz CT molecular complexity index is 1150. The molecule has 176 valence electrons. The minimum atomic E-state index is -4.62. The molecule has 1 heterocycles. The Hall–Kier alpha value is -3.27. The predicted molar refractivity (Wildman–Crippen MR) is 120 cm³/mol. The van der Waals surface area contributed by atoms with Gasteiger partial charge < -0.3 is 25.3 Å². The zero-order chi connectivity index (χ0) is 24.3. The molecule has 1 atom stereocenters. The Morgan fingerprint density at radius 2 is 1.85 bits per heavy atom. The average molecular weight is 461 g/mol. The van der Waals surface area contributed by atoms with Crippen LogP contribution in [0.4, 0.5) is 13.2 Å². The van der Waals surface area contributed by atoms with Crippen molar-refractivity contribution in [3.05, 3.63) is 83.9 Å². The van der Waals surface area contributed by atoms with E-state index in [-0.39, 0.29) is 23.9 Å². The van der Waals surface area contributed by atoms with Crippen LogP contribution in [0.3, 0.4) is 0 Å². The van der Waals surface area contributed by atoms with Crippen LogP contribution in [-0.4, -0.2) is 28.3 Å². The molecular weight excluding hydrogens is 435 g/mol. The third-order valence-corrected chi connectivity index (χ3v) is 5.36. The molecule has 33 heavy (non-hydrogen) atoms. The zero-order valence-electron chi connectivity index (χ0n) is 18.2. The van der Waals surface area contributed by atoms with Gasteiger partial charge in [0.25, 0.3) is 0 Å². The molecule has 0 spiro atoms. The number of benzene rings is 2. The fraction of sp³-hybridized carbons (Fsp3) is 0.250. The van der Waals surface area contributed by atoms with E-state index in [4.69, 9.17) is 10.2 Å². The number of nitrogens with one attached hydrogen (secondary N) is 1. The summed E-state index contributed by atoms with van der Waals surface area (Å²) in [5, 5.41) is 21.9. The highest BCUT2D eigenvalue weighted by Crippen LogP contribution is 2.39. The number of rotatable bonds is 8. The van der Waals surface area contributed by atoms with E-state index >= 15 is 0 Å². The molecule has 1 aromatic heterocycles. The van der Waals surface area contributed by atoms with Crippen LogP contribution >= 0.6 is 0 Å². The topological polar surface area (TPSA) is 94.9 Å². The number of aliphatic hydroxyl groups is 2. The largest absolute Gasteiger partial charge is 0.459 e. The van der Waals surface area contributed by atoms with Crippen molar-refractivity contribution in [3.8, 4) is 11.1 Å². The zero-order valence-corrected chi connectivity index (χ0v) is 18.2. The second-order valence-electron chi connectivity index (χ2n) is 7.64. The van der Waals surface area contributed by atoms with Crippen molar-refractivity contribution in [2.45, 2.75) is 32.1 Å². The number of nitrogens with zero attached hydrogens (tertiary/aromatic N) is 1. The molecular formula is C24H26F3N3O3. The molecule has 1 unspecified atom stereocenters. The van der Waals surface area contributed by atoms with Crippen molar-refractivity contribution < 1.29 is 27.8 Å². The standard InChI is InChI=1S/C24H26F3N3O3/c1-4-5-21(28)30(3)14(2)29-13-19-11-18-10-17(12-20(22(18)33-19)24(25,26)27)15-6-8-16(9-7-15)23(31)32/h4-12,14,23,29,31-32H,1,13,28H2,2-3H3/b21-5-. The summed E-state index contributed by atoms with van der Waals surface area (Å²) < 4.78 is 47.0.